The van der Waals surface area contributed by atoms with E-state index in [1.807, 2.05) is 6.92 Å². The van der Waals surface area contributed by atoms with Crippen LogP contribution in [0, 0.1) is 11.8 Å². The van der Waals surface area contributed by atoms with Crippen molar-refractivity contribution in [3.63, 3.8) is 0 Å². The van der Waals surface area contributed by atoms with Crippen molar-refractivity contribution >= 4 is 11.8 Å². The molecule has 0 aromatic carbocycles. The van der Waals surface area contributed by atoms with Gasteiger partial charge in [-0.3, -0.25) is 9.59 Å². The fourth-order valence-corrected chi connectivity index (χ4v) is 1.36. The van der Waals surface area contributed by atoms with Crippen molar-refractivity contribution in [2.75, 3.05) is 7.11 Å². The second kappa shape index (κ2) is 3.52. The number of allylic oxidation sites excluding steroid dienone is 1. The van der Waals surface area contributed by atoms with E-state index < -0.39 is 0 Å². The van der Waals surface area contributed by atoms with Crippen molar-refractivity contribution in [1.82, 2.24) is 0 Å². The molecule has 0 fully saturated rings. The highest BCUT2D eigenvalue weighted by atomic mass is 16.5. The molecule has 0 aromatic rings. The molecule has 3 heteroatoms. The van der Waals surface area contributed by atoms with Crippen LogP contribution in [0.5, 0.6) is 0 Å². The fraction of sp³-hybridized carbons (Fsp3) is 0.556. The van der Waals surface area contributed by atoms with Crippen molar-refractivity contribution in [2.45, 2.75) is 13.3 Å². The third-order valence-electron chi connectivity index (χ3n) is 2.10. The molecule has 0 heterocycles. The molecule has 0 radical (unpaired) electrons. The van der Waals surface area contributed by atoms with E-state index in [-0.39, 0.29) is 23.6 Å². The van der Waals surface area contributed by atoms with Crippen LogP contribution in [0.3, 0.4) is 0 Å². The molecule has 0 bridgehead atoms. The van der Waals surface area contributed by atoms with Crippen molar-refractivity contribution in [3.05, 3.63) is 12.2 Å². The van der Waals surface area contributed by atoms with Crippen LogP contribution < -0.4 is 0 Å². The normalized spacial score (nSPS) is 28.7. The molecule has 0 saturated carbocycles. The Labute approximate surface area is 71.4 Å². The minimum Gasteiger partial charge on any atom is -0.469 e. The van der Waals surface area contributed by atoms with Crippen LogP contribution in [-0.2, 0) is 14.3 Å². The smallest absolute Gasteiger partial charge is 0.312 e. The number of methoxy groups -OCH3 is 1. The van der Waals surface area contributed by atoms with Gasteiger partial charge in [-0.1, -0.05) is 13.0 Å². The highest BCUT2D eigenvalue weighted by Gasteiger charge is 2.27. The number of carbonyl (C=O) groups is 2. The van der Waals surface area contributed by atoms with Gasteiger partial charge in [0, 0.05) is 6.42 Å². The molecule has 2 atom stereocenters. The average molecular weight is 168 g/mol. The molecule has 0 N–H and O–H groups in total. The summed E-state index contributed by atoms with van der Waals surface area (Å²) < 4.78 is 4.59. The van der Waals surface area contributed by atoms with E-state index in [1.54, 1.807) is 6.08 Å². The summed E-state index contributed by atoms with van der Waals surface area (Å²) in [7, 11) is 1.36. The Hall–Kier alpha value is -1.12. The molecular formula is C9H12O3. The van der Waals surface area contributed by atoms with Gasteiger partial charge in [-0.15, -0.1) is 0 Å². The number of ketones is 1. The minimum absolute atomic E-state index is 0.0648. The van der Waals surface area contributed by atoms with Gasteiger partial charge in [0.2, 0.25) is 0 Å². The highest BCUT2D eigenvalue weighted by molar-refractivity contribution is 5.92. The lowest BCUT2D eigenvalue weighted by atomic mass is 9.85. The predicted octanol–water partition coefficient (Wildman–Crippen LogP) is 0.941. The van der Waals surface area contributed by atoms with Crippen molar-refractivity contribution in [2.24, 2.45) is 11.8 Å². The Bertz CT molecular complexity index is 230. The molecule has 3 nitrogen and oxygen atoms in total. The summed E-state index contributed by atoms with van der Waals surface area (Å²) in [5.41, 5.74) is 0. The molecule has 0 saturated heterocycles. The van der Waals surface area contributed by atoms with E-state index in [0.717, 1.165) is 0 Å². The number of hydrogen-bond acceptors (Lipinski definition) is 3. The molecular weight excluding hydrogens is 156 g/mol. The number of esters is 1. The first-order chi connectivity index (χ1) is 5.65. The molecule has 0 spiro atoms. The maximum Gasteiger partial charge on any atom is 0.312 e. The maximum absolute atomic E-state index is 11.1. The van der Waals surface area contributed by atoms with Crippen LogP contribution in [0.1, 0.15) is 13.3 Å². The quantitative estimate of drug-likeness (QED) is 0.547. The Morgan fingerprint density at radius 2 is 2.33 bits per heavy atom. The largest absolute Gasteiger partial charge is 0.469 e. The number of carbonyl (C=O) groups excluding carboxylic acids is 2. The minimum atomic E-state index is -0.258. The SMILES string of the molecule is COC(=O)C1C=CC(=O)CC1C. The molecule has 0 aromatic heterocycles. The lowest BCUT2D eigenvalue weighted by Gasteiger charge is -2.20. The van der Waals surface area contributed by atoms with E-state index >= 15 is 0 Å². The molecule has 12 heavy (non-hydrogen) atoms. The van der Waals surface area contributed by atoms with Crippen molar-refractivity contribution in [1.29, 1.82) is 0 Å². The zero-order chi connectivity index (χ0) is 9.14. The summed E-state index contributed by atoms with van der Waals surface area (Å²) in [4.78, 5) is 22.0. The predicted molar refractivity (Wildman–Crippen MR) is 43.4 cm³/mol. The lowest BCUT2D eigenvalue weighted by Crippen LogP contribution is -2.26. The van der Waals surface area contributed by atoms with Crippen LogP contribution in [0.25, 0.3) is 0 Å². The fourth-order valence-electron chi connectivity index (χ4n) is 1.36. The molecule has 1 aliphatic rings. The molecule has 1 aliphatic carbocycles. The average Bonchev–Trinajstić information content (AvgIpc) is 2.03. The topological polar surface area (TPSA) is 43.4 Å². The summed E-state index contributed by atoms with van der Waals surface area (Å²) in [6, 6.07) is 0. The second-order valence-electron chi connectivity index (χ2n) is 3.06. The van der Waals surface area contributed by atoms with Gasteiger partial charge in [0.1, 0.15) is 0 Å². The van der Waals surface area contributed by atoms with Gasteiger partial charge in [0.05, 0.1) is 13.0 Å². The Kier molecular flexibility index (Phi) is 2.63. The third kappa shape index (κ3) is 1.72. The van der Waals surface area contributed by atoms with Gasteiger partial charge in [-0.05, 0) is 12.0 Å². The zero-order valence-corrected chi connectivity index (χ0v) is 7.24. The summed E-state index contributed by atoms with van der Waals surface area (Å²) >= 11 is 0. The monoisotopic (exact) mass is 168 g/mol. The summed E-state index contributed by atoms with van der Waals surface area (Å²) in [6.07, 6.45) is 3.53. The van der Waals surface area contributed by atoms with Crippen LogP contribution >= 0.6 is 0 Å². The number of hydrogen-bond donors (Lipinski definition) is 0. The Balaban J connectivity index is 2.72. The van der Waals surface area contributed by atoms with Crippen LogP contribution in [0.2, 0.25) is 0 Å². The number of rotatable bonds is 1. The Morgan fingerprint density at radius 3 is 2.83 bits per heavy atom. The summed E-state index contributed by atoms with van der Waals surface area (Å²) in [5.74, 6) is -0.350. The van der Waals surface area contributed by atoms with E-state index in [9.17, 15) is 9.59 Å². The second-order valence-corrected chi connectivity index (χ2v) is 3.06. The first-order valence-electron chi connectivity index (χ1n) is 3.94. The van der Waals surface area contributed by atoms with Gasteiger partial charge in [0.25, 0.3) is 0 Å². The van der Waals surface area contributed by atoms with E-state index in [2.05, 4.69) is 4.74 Å². The van der Waals surface area contributed by atoms with Gasteiger partial charge in [-0.2, -0.15) is 0 Å². The highest BCUT2D eigenvalue weighted by Crippen LogP contribution is 2.23. The van der Waals surface area contributed by atoms with Crippen molar-refractivity contribution < 1.29 is 14.3 Å². The van der Waals surface area contributed by atoms with Crippen molar-refractivity contribution in [3.8, 4) is 0 Å². The maximum atomic E-state index is 11.1. The van der Waals surface area contributed by atoms with Crippen LogP contribution in [0.4, 0.5) is 0 Å². The van der Waals surface area contributed by atoms with E-state index in [4.69, 9.17) is 0 Å². The van der Waals surface area contributed by atoms with Gasteiger partial charge in [-0.25, -0.2) is 0 Å². The first kappa shape index (κ1) is 8.97. The van der Waals surface area contributed by atoms with E-state index in [0.29, 0.717) is 6.42 Å². The Morgan fingerprint density at radius 1 is 1.67 bits per heavy atom. The van der Waals surface area contributed by atoms with Crippen LogP contribution in [-0.4, -0.2) is 18.9 Å². The summed E-state index contributed by atoms with van der Waals surface area (Å²) in [5, 5.41) is 0. The summed E-state index contributed by atoms with van der Waals surface area (Å²) in [6.45, 7) is 1.88. The van der Waals surface area contributed by atoms with Gasteiger partial charge < -0.3 is 4.74 Å². The van der Waals surface area contributed by atoms with Gasteiger partial charge >= 0.3 is 5.97 Å². The van der Waals surface area contributed by atoms with Gasteiger partial charge in [0.15, 0.2) is 5.78 Å². The number of ether oxygens (including phenoxy) is 1. The molecule has 2 unspecified atom stereocenters. The lowest BCUT2D eigenvalue weighted by molar-refractivity contribution is -0.145. The first-order valence-corrected chi connectivity index (χ1v) is 3.94. The molecule has 0 amide bonds. The van der Waals surface area contributed by atoms with E-state index in [1.165, 1.54) is 13.2 Å². The molecule has 1 rings (SSSR count). The molecule has 0 aliphatic heterocycles. The van der Waals surface area contributed by atoms with Crippen LogP contribution in [0.15, 0.2) is 12.2 Å². The third-order valence-corrected chi connectivity index (χ3v) is 2.10. The molecule has 66 valence electrons. The zero-order valence-electron chi connectivity index (χ0n) is 7.24. The standard InChI is InChI=1S/C9H12O3/c1-6-5-7(10)3-4-8(6)9(11)12-2/h3-4,6,8H,5H2,1-2H3.